The summed E-state index contributed by atoms with van der Waals surface area (Å²) in [6.45, 7) is 2.06. The number of hydrogen-bond donors (Lipinski definition) is 2. The Kier molecular flexibility index (Phi) is 3.92. The van der Waals surface area contributed by atoms with E-state index in [1.54, 1.807) is 6.07 Å². The molecule has 0 unspecified atom stereocenters. The van der Waals surface area contributed by atoms with E-state index in [1.165, 1.54) is 12.1 Å². The topological polar surface area (TPSA) is 50.7 Å². The van der Waals surface area contributed by atoms with Gasteiger partial charge in [-0.1, -0.05) is 6.07 Å². The van der Waals surface area contributed by atoms with Crippen molar-refractivity contribution in [2.45, 2.75) is 30.9 Å². The molecule has 110 valence electrons. The van der Waals surface area contributed by atoms with Crippen LogP contribution in [0.1, 0.15) is 30.9 Å². The highest BCUT2D eigenvalue weighted by Crippen LogP contribution is 2.32. The minimum Gasteiger partial charge on any atom is -0.493 e. The van der Waals surface area contributed by atoms with Gasteiger partial charge in [-0.15, -0.1) is 0 Å². The third-order valence-electron chi connectivity index (χ3n) is 4.01. The third-order valence-corrected chi connectivity index (χ3v) is 4.01. The number of halogens is 1. The van der Waals surface area contributed by atoms with Gasteiger partial charge in [0.2, 0.25) is 0 Å². The maximum Gasteiger partial charge on any atom is 0.126 e. The Balaban J connectivity index is 1.73. The molecule has 0 bridgehead atoms. The zero-order chi connectivity index (χ0) is 14.0. The number of aliphatic hydroxyl groups is 1. The fourth-order valence-corrected chi connectivity index (χ4v) is 2.81. The molecule has 0 spiro atoms. The molecule has 5 heteroatoms. The first-order valence-electron chi connectivity index (χ1n) is 7.12. The standard InChI is InChI=1S/C15H20FNO3/c16-11-3-4-12-13(2-1-6-20-14(12)8-11)17-9-15(18)5-7-19-10-15/h3-4,8,13,17-18H,1-2,5-7,9-10H2/t13-,15+/m1/s1. The lowest BCUT2D eigenvalue weighted by atomic mass is 9.99. The first kappa shape index (κ1) is 13.8. The second-order valence-corrected chi connectivity index (χ2v) is 5.63. The van der Waals surface area contributed by atoms with Crippen molar-refractivity contribution >= 4 is 0 Å². The summed E-state index contributed by atoms with van der Waals surface area (Å²) >= 11 is 0. The van der Waals surface area contributed by atoms with Crippen LogP contribution in [0.15, 0.2) is 18.2 Å². The van der Waals surface area contributed by atoms with Crippen LogP contribution in [0.3, 0.4) is 0 Å². The Bertz CT molecular complexity index is 474. The van der Waals surface area contributed by atoms with Crippen molar-refractivity contribution in [3.63, 3.8) is 0 Å². The van der Waals surface area contributed by atoms with Crippen LogP contribution >= 0.6 is 0 Å². The molecule has 1 aromatic carbocycles. The zero-order valence-electron chi connectivity index (χ0n) is 11.4. The molecule has 2 N–H and O–H groups in total. The number of ether oxygens (including phenoxy) is 2. The van der Waals surface area contributed by atoms with Crippen molar-refractivity contribution in [3.8, 4) is 5.75 Å². The molecule has 3 rings (SSSR count). The van der Waals surface area contributed by atoms with Gasteiger partial charge in [0.15, 0.2) is 0 Å². The van der Waals surface area contributed by atoms with E-state index in [2.05, 4.69) is 5.32 Å². The molecule has 0 aromatic heterocycles. The molecule has 1 aromatic rings. The maximum absolute atomic E-state index is 13.3. The van der Waals surface area contributed by atoms with E-state index in [0.717, 1.165) is 18.4 Å². The second kappa shape index (κ2) is 5.68. The fraction of sp³-hybridized carbons (Fsp3) is 0.600. The van der Waals surface area contributed by atoms with Crippen LogP contribution in [0.2, 0.25) is 0 Å². The van der Waals surface area contributed by atoms with Crippen molar-refractivity contribution in [1.82, 2.24) is 5.32 Å². The Morgan fingerprint density at radius 1 is 1.40 bits per heavy atom. The number of benzene rings is 1. The van der Waals surface area contributed by atoms with Crippen molar-refractivity contribution in [2.75, 3.05) is 26.4 Å². The third kappa shape index (κ3) is 2.95. The quantitative estimate of drug-likeness (QED) is 0.887. The van der Waals surface area contributed by atoms with Crippen molar-refractivity contribution in [1.29, 1.82) is 0 Å². The summed E-state index contributed by atoms with van der Waals surface area (Å²) in [5.41, 5.74) is 0.180. The first-order valence-corrected chi connectivity index (χ1v) is 7.12. The van der Waals surface area contributed by atoms with Gasteiger partial charge in [-0.2, -0.15) is 0 Å². The molecule has 20 heavy (non-hydrogen) atoms. The van der Waals surface area contributed by atoms with Crippen LogP contribution in [0.5, 0.6) is 5.75 Å². The van der Waals surface area contributed by atoms with Crippen LogP contribution in [-0.2, 0) is 4.74 Å². The lowest BCUT2D eigenvalue weighted by Crippen LogP contribution is -2.42. The summed E-state index contributed by atoms with van der Waals surface area (Å²) in [7, 11) is 0. The van der Waals surface area contributed by atoms with Crippen LogP contribution < -0.4 is 10.1 Å². The molecule has 0 saturated carbocycles. The number of hydrogen-bond acceptors (Lipinski definition) is 4. The monoisotopic (exact) mass is 281 g/mol. The minimum absolute atomic E-state index is 0.0812. The van der Waals surface area contributed by atoms with Crippen molar-refractivity contribution < 1.29 is 19.0 Å². The van der Waals surface area contributed by atoms with Gasteiger partial charge in [0, 0.05) is 37.2 Å². The Labute approximate surface area is 117 Å². The van der Waals surface area contributed by atoms with Crippen molar-refractivity contribution in [2.24, 2.45) is 0 Å². The van der Waals surface area contributed by atoms with Crippen LogP contribution in [0.4, 0.5) is 4.39 Å². The maximum atomic E-state index is 13.3. The molecule has 4 nitrogen and oxygen atoms in total. The van der Waals surface area contributed by atoms with Gasteiger partial charge < -0.3 is 19.9 Å². The van der Waals surface area contributed by atoms with Gasteiger partial charge in [-0.25, -0.2) is 4.39 Å². The van der Waals surface area contributed by atoms with E-state index in [4.69, 9.17) is 9.47 Å². The highest BCUT2D eigenvalue weighted by Gasteiger charge is 2.33. The lowest BCUT2D eigenvalue weighted by molar-refractivity contribution is 0.0245. The molecule has 2 atom stereocenters. The van der Waals surface area contributed by atoms with Gasteiger partial charge in [0.1, 0.15) is 17.2 Å². The zero-order valence-corrected chi connectivity index (χ0v) is 11.4. The lowest BCUT2D eigenvalue weighted by Gasteiger charge is -2.25. The van der Waals surface area contributed by atoms with E-state index in [1.807, 2.05) is 0 Å². The molecule has 0 amide bonds. The van der Waals surface area contributed by atoms with Crippen molar-refractivity contribution in [3.05, 3.63) is 29.6 Å². The van der Waals surface area contributed by atoms with E-state index in [-0.39, 0.29) is 11.9 Å². The fourth-order valence-electron chi connectivity index (χ4n) is 2.81. The predicted molar refractivity (Wildman–Crippen MR) is 72.3 cm³/mol. The largest absolute Gasteiger partial charge is 0.493 e. The Hall–Kier alpha value is -1.17. The van der Waals surface area contributed by atoms with Gasteiger partial charge in [0.25, 0.3) is 0 Å². The van der Waals surface area contributed by atoms with Crippen LogP contribution in [0.25, 0.3) is 0 Å². The SMILES string of the molecule is O[C@]1(CN[C@@H]2CCCOc3cc(F)ccc32)CCOC1. The minimum atomic E-state index is -0.784. The molecule has 0 aliphatic carbocycles. The molecule has 2 aliphatic rings. The molecule has 0 radical (unpaired) electrons. The smallest absolute Gasteiger partial charge is 0.126 e. The van der Waals surface area contributed by atoms with Gasteiger partial charge in [-0.05, 0) is 18.9 Å². The van der Waals surface area contributed by atoms with Crippen LogP contribution in [0, 0.1) is 5.82 Å². The predicted octanol–water partition coefficient (Wildman–Crippen LogP) is 1.78. The van der Waals surface area contributed by atoms with E-state index in [0.29, 0.717) is 38.5 Å². The number of nitrogens with one attached hydrogen (secondary N) is 1. The average Bonchev–Trinajstić information content (AvgIpc) is 2.76. The van der Waals surface area contributed by atoms with E-state index < -0.39 is 5.60 Å². The van der Waals surface area contributed by atoms with Gasteiger partial charge in [0.05, 0.1) is 13.2 Å². The van der Waals surface area contributed by atoms with Gasteiger partial charge in [-0.3, -0.25) is 0 Å². The van der Waals surface area contributed by atoms with Crippen LogP contribution in [-0.4, -0.2) is 37.1 Å². The Morgan fingerprint density at radius 2 is 2.30 bits per heavy atom. The summed E-state index contributed by atoms with van der Waals surface area (Å²) in [6, 6.07) is 4.74. The molecular formula is C15H20FNO3. The van der Waals surface area contributed by atoms with Gasteiger partial charge >= 0.3 is 0 Å². The molecule has 2 heterocycles. The summed E-state index contributed by atoms with van der Waals surface area (Å²) in [5, 5.41) is 13.7. The molecule has 2 aliphatic heterocycles. The second-order valence-electron chi connectivity index (χ2n) is 5.63. The molecular weight excluding hydrogens is 261 g/mol. The van der Waals surface area contributed by atoms with E-state index in [9.17, 15) is 9.50 Å². The number of fused-ring (bicyclic) bond motifs is 1. The molecule has 1 saturated heterocycles. The average molecular weight is 281 g/mol. The normalized spacial score (nSPS) is 29.6. The highest BCUT2D eigenvalue weighted by atomic mass is 19.1. The summed E-state index contributed by atoms with van der Waals surface area (Å²) in [5.74, 6) is 0.321. The first-order chi connectivity index (χ1) is 9.66. The number of rotatable bonds is 3. The Morgan fingerprint density at radius 3 is 3.10 bits per heavy atom. The molecule has 1 fully saturated rings. The van der Waals surface area contributed by atoms with E-state index >= 15 is 0 Å². The summed E-state index contributed by atoms with van der Waals surface area (Å²) < 4.78 is 24.1. The highest BCUT2D eigenvalue weighted by molar-refractivity contribution is 5.37. The summed E-state index contributed by atoms with van der Waals surface area (Å²) in [6.07, 6.45) is 2.47. The summed E-state index contributed by atoms with van der Waals surface area (Å²) in [4.78, 5) is 0.